The number of nitrogens with zero attached hydrogens (tertiary/aromatic N) is 2. The highest BCUT2D eigenvalue weighted by Gasteiger charge is 2.47. The Morgan fingerprint density at radius 2 is 1.17 bits per heavy atom. The Balaban J connectivity index is 1.47. The molecular weight excluding hydrogens is 1120 g/mol. The van der Waals surface area contributed by atoms with Crippen LogP contribution in [0.4, 0.5) is 11.4 Å². The molecule has 0 bridgehead atoms. The summed E-state index contributed by atoms with van der Waals surface area (Å²) in [5.74, 6) is -1.81. The van der Waals surface area contributed by atoms with Crippen LogP contribution in [0.3, 0.4) is 0 Å². The van der Waals surface area contributed by atoms with Gasteiger partial charge in [-0.1, -0.05) is 24.3 Å². The molecule has 4 aromatic carbocycles. The summed E-state index contributed by atoms with van der Waals surface area (Å²) in [6, 6.07) is 8.65. The van der Waals surface area contributed by atoms with E-state index >= 15 is 0 Å². The monoisotopic (exact) mass is 1180 g/mol. The van der Waals surface area contributed by atoms with Gasteiger partial charge in [-0.05, 0) is 111 Å². The number of carboxylic acid groups (broad SMARTS) is 1. The molecule has 428 valence electrons. The maximum atomic E-state index is 12.7. The summed E-state index contributed by atoms with van der Waals surface area (Å²) < 4.78 is 210. The lowest BCUT2D eigenvalue weighted by atomic mass is 9.75. The van der Waals surface area contributed by atoms with Gasteiger partial charge < -0.3 is 51.7 Å². The number of methoxy groups -OCH3 is 1. The largest absolute Gasteiger partial charge is 0.748 e. The van der Waals surface area contributed by atoms with E-state index in [1.54, 1.807) is 69.2 Å². The van der Waals surface area contributed by atoms with E-state index in [2.05, 4.69) is 0 Å². The summed E-state index contributed by atoms with van der Waals surface area (Å²) in [5, 5.41) is 8.77. The summed E-state index contributed by atoms with van der Waals surface area (Å²) in [4.78, 5) is 9.17. The van der Waals surface area contributed by atoms with Crippen LogP contribution >= 0.6 is 0 Å². The van der Waals surface area contributed by atoms with Crippen LogP contribution in [0.5, 0.6) is 0 Å². The van der Waals surface area contributed by atoms with Gasteiger partial charge in [-0.25, -0.2) is 42.1 Å². The topological polar surface area (TPSA) is 366 Å². The van der Waals surface area contributed by atoms with Crippen LogP contribution < -0.4 is 4.90 Å². The first-order valence-electron chi connectivity index (χ1n) is 24.2. The minimum atomic E-state index is -5.43. The van der Waals surface area contributed by atoms with Crippen LogP contribution in [0.2, 0.25) is 0 Å². The molecule has 2 aliphatic heterocycles. The first-order valence-corrected chi connectivity index (χ1v) is 31.4. The van der Waals surface area contributed by atoms with Crippen LogP contribution in [0, 0.1) is 0 Å². The molecule has 1 N–H and O–H groups in total. The van der Waals surface area contributed by atoms with Gasteiger partial charge in [0.15, 0.2) is 5.71 Å². The van der Waals surface area contributed by atoms with Crippen molar-refractivity contribution in [3.05, 3.63) is 95.7 Å². The Kier molecular flexibility index (Phi) is 19.7. The minimum Gasteiger partial charge on any atom is -0.748 e. The average molecular weight is 1180 g/mol. The first kappa shape index (κ1) is 62.2. The highest BCUT2D eigenvalue weighted by atomic mass is 32.2. The van der Waals surface area contributed by atoms with Crippen LogP contribution in [-0.2, 0) is 85.2 Å². The number of benzene rings is 4. The molecule has 23 nitrogen and oxygen atoms in total. The molecule has 0 saturated heterocycles. The molecule has 0 fully saturated rings. The smallest absolute Gasteiger partial charge is 0.303 e. The Morgan fingerprint density at radius 1 is 0.628 bits per heavy atom. The van der Waals surface area contributed by atoms with Crippen molar-refractivity contribution in [3.8, 4) is 0 Å². The molecule has 4 aromatic rings. The normalized spacial score (nSPS) is 17.7. The van der Waals surface area contributed by atoms with E-state index in [1.165, 1.54) is 18.2 Å². The standard InChI is InChI=1S/C50H62N2O21S5/c1-49(2)44(51(20-10-6-9-14-46(53)54)40-17-15-36-38(47(40)49)30-34(75(58,59)60)32-42(36)77(64,65)66)12-7-5-8-13-45-50(3,19-11-29-74(55,56)57)48-39-31-35(76(61,62)63)33-43(78(67,68)69)37(39)16-18-41(48)52(45)21-22-71-25-26-73-28-27-72-24-23-70-4/h5,7-8,12-13,15-18,30-33H,6,9-11,14,19-29H2,1-4H3,(H5-,53,54,55,56,57,58,59,60,61,62,63,64,65,66,67,68,69)/p-4. The molecule has 0 radical (unpaired) electrons. The number of hydrogen-bond acceptors (Lipinski definition) is 21. The third-order valence-electron chi connectivity index (χ3n) is 13.5. The van der Waals surface area contributed by atoms with Crippen molar-refractivity contribution in [3.63, 3.8) is 0 Å². The maximum Gasteiger partial charge on any atom is 0.303 e. The van der Waals surface area contributed by atoms with E-state index < -0.39 is 92.7 Å². The molecular formula is C50H58N2O21S5-4. The molecule has 2 heterocycles. The average Bonchev–Trinajstić information content (AvgIpc) is 3.87. The zero-order chi connectivity index (χ0) is 57.6. The van der Waals surface area contributed by atoms with Gasteiger partial charge in [-0.3, -0.25) is 4.79 Å². The summed E-state index contributed by atoms with van der Waals surface area (Å²) >= 11 is 0. The Hall–Kier alpha value is -5.05. The lowest BCUT2D eigenvalue weighted by molar-refractivity contribution is -0.438. The number of aliphatic carboxylic acids is 1. The number of allylic oxidation sites excluding steroid dienone is 6. The Labute approximate surface area is 453 Å². The number of anilines is 1. The highest BCUT2D eigenvalue weighted by Crippen LogP contribution is 2.54. The summed E-state index contributed by atoms with van der Waals surface area (Å²) in [6.45, 7) is 7.19. The molecule has 0 aromatic heterocycles. The lowest BCUT2D eigenvalue weighted by Gasteiger charge is -2.31. The van der Waals surface area contributed by atoms with Crippen LogP contribution in [0.15, 0.2) is 104 Å². The number of unbranched alkanes of at least 4 members (excludes halogenated alkanes) is 2. The number of carboxylic acids is 1. The van der Waals surface area contributed by atoms with E-state index in [0.29, 0.717) is 79.6 Å². The summed E-state index contributed by atoms with van der Waals surface area (Å²) in [7, 11) is -24.7. The van der Waals surface area contributed by atoms with Crippen molar-refractivity contribution in [2.24, 2.45) is 0 Å². The summed E-state index contributed by atoms with van der Waals surface area (Å²) in [6.07, 6.45) is 8.98. The number of ether oxygens (including phenoxy) is 4. The predicted molar refractivity (Wildman–Crippen MR) is 278 cm³/mol. The quantitative estimate of drug-likeness (QED) is 0.0340. The number of carbonyl (C=O) groups is 1. The van der Waals surface area contributed by atoms with Crippen LogP contribution in [0.1, 0.15) is 70.4 Å². The molecule has 78 heavy (non-hydrogen) atoms. The van der Waals surface area contributed by atoms with E-state index in [4.69, 9.17) is 18.9 Å². The predicted octanol–water partition coefficient (Wildman–Crippen LogP) is 4.43. The van der Waals surface area contributed by atoms with Gasteiger partial charge in [0, 0.05) is 72.1 Å². The van der Waals surface area contributed by atoms with Gasteiger partial charge in [0.05, 0.1) is 81.4 Å². The fourth-order valence-electron chi connectivity index (χ4n) is 10.1. The number of rotatable bonds is 29. The van der Waals surface area contributed by atoms with Crippen molar-refractivity contribution in [2.75, 3.05) is 77.1 Å². The van der Waals surface area contributed by atoms with E-state index in [-0.39, 0.29) is 85.9 Å². The maximum absolute atomic E-state index is 12.7. The van der Waals surface area contributed by atoms with Gasteiger partial charge in [0.25, 0.3) is 0 Å². The van der Waals surface area contributed by atoms with Crippen LogP contribution in [0.25, 0.3) is 21.5 Å². The lowest BCUT2D eigenvalue weighted by Crippen LogP contribution is -2.31. The molecule has 0 saturated carbocycles. The second-order valence-electron chi connectivity index (χ2n) is 19.1. The molecule has 6 rings (SSSR count). The van der Waals surface area contributed by atoms with Crippen molar-refractivity contribution in [1.82, 2.24) is 0 Å². The van der Waals surface area contributed by atoms with Crippen molar-refractivity contribution >= 4 is 95.2 Å². The molecule has 1 unspecified atom stereocenters. The number of hydrogen-bond donors (Lipinski definition) is 1. The van der Waals surface area contributed by atoms with Gasteiger partial charge in [-0.15, -0.1) is 0 Å². The van der Waals surface area contributed by atoms with Gasteiger partial charge in [0.1, 0.15) is 47.0 Å². The fourth-order valence-corrected chi connectivity index (χ4v) is 13.2. The molecule has 2 aliphatic rings. The number of fused-ring (bicyclic) bond motifs is 6. The van der Waals surface area contributed by atoms with Gasteiger partial charge in [-0.2, -0.15) is 4.58 Å². The molecule has 0 amide bonds. The second-order valence-corrected chi connectivity index (χ2v) is 26.1. The van der Waals surface area contributed by atoms with Gasteiger partial charge in [0.2, 0.25) is 5.69 Å². The zero-order valence-corrected chi connectivity index (χ0v) is 46.9. The van der Waals surface area contributed by atoms with Gasteiger partial charge >= 0.3 is 5.97 Å². The third kappa shape index (κ3) is 14.6. The molecule has 0 spiro atoms. The SMILES string of the molecule is COCCOCCOCCOCCN1C(=CC=CC=CC2=[N+](CCCCCC(=O)O)c3ccc4c(S(=O)(=O)[O-])cc(S(=O)(=O)[O-])cc4c3C2(C)C)C(C)(CCCS(=O)(=O)[O-])c2c1ccc1c(S(=O)(=O)[O-])cc(S(=O)(=O)[O-])cc21. The first-order chi connectivity index (χ1) is 36.3. The van der Waals surface area contributed by atoms with Crippen molar-refractivity contribution in [1.29, 1.82) is 0 Å². The van der Waals surface area contributed by atoms with E-state index in [9.17, 15) is 74.8 Å². The fraction of sp³-hybridized carbons (Fsp3) is 0.440. The minimum absolute atomic E-state index is 0.0145. The third-order valence-corrected chi connectivity index (χ3v) is 17.6. The van der Waals surface area contributed by atoms with Crippen molar-refractivity contribution < 1.29 is 98.3 Å². The van der Waals surface area contributed by atoms with Crippen molar-refractivity contribution in [2.45, 2.75) is 89.7 Å². The molecule has 28 heteroatoms. The Bertz CT molecular complexity index is 3670. The van der Waals surface area contributed by atoms with E-state index in [0.717, 1.165) is 12.1 Å². The Morgan fingerprint density at radius 3 is 1.69 bits per heavy atom. The summed E-state index contributed by atoms with van der Waals surface area (Å²) in [5.41, 5.74) is -0.137. The molecule has 0 aliphatic carbocycles. The molecule has 1 atom stereocenters. The zero-order valence-electron chi connectivity index (χ0n) is 42.9. The highest BCUT2D eigenvalue weighted by molar-refractivity contribution is 7.87. The van der Waals surface area contributed by atoms with Crippen LogP contribution in [-0.4, -0.2) is 158 Å². The second kappa shape index (κ2) is 24.8. The van der Waals surface area contributed by atoms with E-state index in [1.807, 2.05) is 4.58 Å².